The van der Waals surface area contributed by atoms with Crippen LogP contribution < -0.4 is 0 Å². The summed E-state index contributed by atoms with van der Waals surface area (Å²) in [7, 11) is 0. The van der Waals surface area contributed by atoms with Crippen LogP contribution in [-0.2, 0) is 6.54 Å². The molecule has 6 heteroatoms. The van der Waals surface area contributed by atoms with Gasteiger partial charge in [-0.15, -0.1) is 5.10 Å². The summed E-state index contributed by atoms with van der Waals surface area (Å²) in [4.78, 5) is 11.8. The minimum Gasteiger partial charge on any atom is -0.297 e. The maximum absolute atomic E-state index is 4.74. The maximum atomic E-state index is 4.74. The highest BCUT2D eigenvalue weighted by molar-refractivity contribution is 5.17. The summed E-state index contributed by atoms with van der Waals surface area (Å²) in [6.45, 7) is 9.20. The molecule has 2 aromatic heterocycles. The molecule has 0 aromatic carbocycles. The molecule has 2 aromatic rings. The van der Waals surface area contributed by atoms with Crippen LogP contribution in [0.25, 0.3) is 0 Å². The number of nitrogens with zero attached hydrogens (tertiary/aromatic N) is 6. The van der Waals surface area contributed by atoms with Gasteiger partial charge in [0.05, 0.1) is 34.5 Å². The van der Waals surface area contributed by atoms with Crippen molar-refractivity contribution in [2.24, 2.45) is 0 Å². The molecule has 1 aliphatic heterocycles. The summed E-state index contributed by atoms with van der Waals surface area (Å²) in [5.41, 5.74) is 5.45. The standard InChI is InChI=1S/C18H26N6/c1-12-13(2)20-17(14(3)19-12)10-23-8-6-16(7-9-23)24-11-18(21-22-24)15-4-5-15/h11,15-16H,4-10H2,1-3H3. The molecule has 0 spiro atoms. The van der Waals surface area contributed by atoms with Crippen molar-refractivity contribution >= 4 is 0 Å². The van der Waals surface area contributed by atoms with Gasteiger partial charge in [0.15, 0.2) is 0 Å². The lowest BCUT2D eigenvalue weighted by Gasteiger charge is -2.31. The van der Waals surface area contributed by atoms with Crippen LogP contribution in [0.1, 0.15) is 66.1 Å². The maximum Gasteiger partial charge on any atom is 0.0858 e. The van der Waals surface area contributed by atoms with Crippen molar-refractivity contribution in [1.29, 1.82) is 0 Å². The molecule has 4 rings (SSSR count). The van der Waals surface area contributed by atoms with Gasteiger partial charge in [-0.25, -0.2) is 4.68 Å². The van der Waals surface area contributed by atoms with Gasteiger partial charge >= 0.3 is 0 Å². The van der Waals surface area contributed by atoms with E-state index < -0.39 is 0 Å². The number of piperidine rings is 1. The van der Waals surface area contributed by atoms with E-state index in [9.17, 15) is 0 Å². The Morgan fingerprint density at radius 2 is 1.67 bits per heavy atom. The van der Waals surface area contributed by atoms with E-state index in [4.69, 9.17) is 4.98 Å². The van der Waals surface area contributed by atoms with Gasteiger partial charge in [0, 0.05) is 31.7 Å². The first-order chi connectivity index (χ1) is 11.6. The van der Waals surface area contributed by atoms with Gasteiger partial charge < -0.3 is 0 Å². The summed E-state index contributed by atoms with van der Waals surface area (Å²) >= 11 is 0. The Morgan fingerprint density at radius 3 is 2.38 bits per heavy atom. The third kappa shape index (κ3) is 3.20. The van der Waals surface area contributed by atoms with E-state index in [1.807, 2.05) is 13.8 Å². The second kappa shape index (κ2) is 6.24. The van der Waals surface area contributed by atoms with Gasteiger partial charge in [-0.2, -0.15) is 0 Å². The molecule has 24 heavy (non-hydrogen) atoms. The molecule has 1 saturated carbocycles. The van der Waals surface area contributed by atoms with E-state index in [1.54, 1.807) is 0 Å². The van der Waals surface area contributed by atoms with Crippen LogP contribution in [0, 0.1) is 20.8 Å². The zero-order valence-electron chi connectivity index (χ0n) is 14.9. The number of rotatable bonds is 4. The van der Waals surface area contributed by atoms with Gasteiger partial charge in [-0.3, -0.25) is 14.9 Å². The first-order valence-electron chi connectivity index (χ1n) is 9.05. The van der Waals surface area contributed by atoms with Crippen LogP contribution >= 0.6 is 0 Å². The highest BCUT2D eigenvalue weighted by Crippen LogP contribution is 2.39. The Bertz CT molecular complexity index is 725. The second-order valence-electron chi connectivity index (χ2n) is 7.33. The predicted octanol–water partition coefficient (Wildman–Crippen LogP) is 2.71. The Labute approximate surface area is 143 Å². The molecule has 1 saturated heterocycles. The van der Waals surface area contributed by atoms with Gasteiger partial charge in [0.2, 0.25) is 0 Å². The van der Waals surface area contributed by atoms with Crippen LogP contribution in [0.3, 0.4) is 0 Å². The molecule has 6 nitrogen and oxygen atoms in total. The topological polar surface area (TPSA) is 59.7 Å². The van der Waals surface area contributed by atoms with E-state index in [0.717, 1.165) is 55.3 Å². The van der Waals surface area contributed by atoms with E-state index in [-0.39, 0.29) is 0 Å². The van der Waals surface area contributed by atoms with Crippen molar-refractivity contribution in [3.05, 3.63) is 34.7 Å². The normalized spacial score (nSPS) is 19.8. The third-order valence-corrected chi connectivity index (χ3v) is 5.41. The highest BCUT2D eigenvalue weighted by atomic mass is 15.4. The van der Waals surface area contributed by atoms with Crippen molar-refractivity contribution in [3.8, 4) is 0 Å². The first kappa shape index (κ1) is 15.7. The fourth-order valence-electron chi connectivity index (χ4n) is 3.50. The van der Waals surface area contributed by atoms with Crippen molar-refractivity contribution in [2.45, 2.75) is 65.0 Å². The van der Waals surface area contributed by atoms with Gasteiger partial charge in [0.25, 0.3) is 0 Å². The summed E-state index contributed by atoms with van der Waals surface area (Å²) < 4.78 is 2.10. The molecule has 0 N–H and O–H groups in total. The molecule has 0 bridgehead atoms. The van der Waals surface area contributed by atoms with Crippen LogP contribution in [0.5, 0.6) is 0 Å². The van der Waals surface area contributed by atoms with E-state index in [0.29, 0.717) is 12.0 Å². The number of hydrogen-bond acceptors (Lipinski definition) is 5. The lowest BCUT2D eigenvalue weighted by Crippen LogP contribution is -2.35. The third-order valence-electron chi connectivity index (χ3n) is 5.41. The first-order valence-corrected chi connectivity index (χ1v) is 9.05. The fourth-order valence-corrected chi connectivity index (χ4v) is 3.50. The van der Waals surface area contributed by atoms with Crippen LogP contribution in [0.2, 0.25) is 0 Å². The molecule has 0 unspecified atom stereocenters. The molecule has 1 aliphatic carbocycles. The Balaban J connectivity index is 1.36. The summed E-state index contributed by atoms with van der Waals surface area (Å²) in [6, 6.07) is 0.494. The van der Waals surface area contributed by atoms with Gasteiger partial charge in [-0.1, -0.05) is 5.21 Å². The second-order valence-corrected chi connectivity index (χ2v) is 7.33. The van der Waals surface area contributed by atoms with Crippen molar-refractivity contribution < 1.29 is 0 Å². The lowest BCUT2D eigenvalue weighted by molar-refractivity contribution is 0.170. The minimum absolute atomic E-state index is 0.494. The monoisotopic (exact) mass is 326 g/mol. The average molecular weight is 326 g/mol. The number of likely N-dealkylation sites (tertiary alicyclic amines) is 1. The summed E-state index contributed by atoms with van der Waals surface area (Å²) in [5, 5.41) is 8.72. The predicted molar refractivity (Wildman–Crippen MR) is 91.8 cm³/mol. The van der Waals surface area contributed by atoms with Crippen LogP contribution in [-0.4, -0.2) is 43.0 Å². The fraction of sp³-hybridized carbons (Fsp3) is 0.667. The van der Waals surface area contributed by atoms with Crippen LogP contribution in [0.4, 0.5) is 0 Å². The molecule has 2 aliphatic rings. The Morgan fingerprint density at radius 1 is 0.958 bits per heavy atom. The summed E-state index contributed by atoms with van der Waals surface area (Å²) in [5.74, 6) is 0.685. The van der Waals surface area contributed by atoms with Crippen molar-refractivity contribution in [1.82, 2.24) is 29.9 Å². The van der Waals surface area contributed by atoms with E-state index in [1.165, 1.54) is 18.5 Å². The number of hydrogen-bond donors (Lipinski definition) is 0. The number of aryl methyl sites for hydroxylation is 3. The Hall–Kier alpha value is -1.82. The van der Waals surface area contributed by atoms with Crippen molar-refractivity contribution in [2.75, 3.05) is 13.1 Å². The van der Waals surface area contributed by atoms with Gasteiger partial charge in [-0.05, 0) is 46.5 Å². The molecule has 0 radical (unpaired) electrons. The zero-order chi connectivity index (χ0) is 16.7. The van der Waals surface area contributed by atoms with Gasteiger partial charge in [0.1, 0.15) is 0 Å². The molecule has 2 fully saturated rings. The number of aromatic nitrogens is 5. The lowest BCUT2D eigenvalue weighted by atomic mass is 10.0. The summed E-state index contributed by atoms with van der Waals surface area (Å²) in [6.07, 6.45) is 7.01. The molecular formula is C18H26N6. The Kier molecular flexibility index (Phi) is 4.08. The van der Waals surface area contributed by atoms with E-state index >= 15 is 0 Å². The zero-order valence-corrected chi connectivity index (χ0v) is 14.9. The van der Waals surface area contributed by atoms with Crippen LogP contribution in [0.15, 0.2) is 6.20 Å². The largest absolute Gasteiger partial charge is 0.297 e. The molecule has 0 amide bonds. The van der Waals surface area contributed by atoms with E-state index in [2.05, 4.69) is 38.0 Å². The SMILES string of the molecule is Cc1nc(C)c(CN2CCC(n3cc(C4CC4)nn3)CC2)nc1C. The minimum atomic E-state index is 0.494. The smallest absolute Gasteiger partial charge is 0.0858 e. The molecular weight excluding hydrogens is 300 g/mol. The highest BCUT2D eigenvalue weighted by Gasteiger charge is 2.28. The quantitative estimate of drug-likeness (QED) is 0.864. The molecule has 0 atom stereocenters. The average Bonchev–Trinajstić information content (AvgIpc) is 3.31. The van der Waals surface area contributed by atoms with Crippen molar-refractivity contribution in [3.63, 3.8) is 0 Å². The molecule has 3 heterocycles. The molecule has 128 valence electrons.